The Morgan fingerprint density at radius 3 is 2.59 bits per heavy atom. The fourth-order valence-corrected chi connectivity index (χ4v) is 2.18. The average molecular weight is 297 g/mol. The van der Waals surface area contributed by atoms with Crippen LogP contribution in [0.4, 0.5) is 0 Å². The molecule has 1 unspecified atom stereocenters. The van der Waals surface area contributed by atoms with Crippen molar-refractivity contribution >= 4 is 15.9 Å². The van der Waals surface area contributed by atoms with Gasteiger partial charge >= 0.3 is 0 Å². The number of halogens is 1. The van der Waals surface area contributed by atoms with Gasteiger partial charge < -0.3 is 5.32 Å². The Hall–Kier alpha value is -1.34. The highest BCUT2D eigenvalue weighted by Crippen LogP contribution is 2.24. The van der Waals surface area contributed by atoms with Crippen LogP contribution in [0.5, 0.6) is 0 Å². The van der Waals surface area contributed by atoms with E-state index in [0.717, 1.165) is 17.1 Å². The fourth-order valence-electron chi connectivity index (χ4n) is 1.62. The van der Waals surface area contributed by atoms with Crippen molar-refractivity contribution in [3.8, 4) is 0 Å². The molecule has 7 heteroatoms. The largest absolute Gasteiger partial charge is 0.307 e. The van der Waals surface area contributed by atoms with Crippen LogP contribution in [-0.4, -0.2) is 32.0 Å². The van der Waals surface area contributed by atoms with E-state index in [-0.39, 0.29) is 6.04 Å². The Kier molecular flexibility index (Phi) is 3.49. The van der Waals surface area contributed by atoms with Crippen LogP contribution in [0.15, 0.2) is 17.0 Å². The van der Waals surface area contributed by atoms with Crippen LogP contribution in [0.1, 0.15) is 23.1 Å². The molecule has 0 fully saturated rings. The Labute approximate surface area is 108 Å². The fraction of sp³-hybridized carbons (Fsp3) is 0.400. The SMILES string of the molecule is CNC(c1cnc(C)cn1)c1c(Br)nnn1C. The van der Waals surface area contributed by atoms with E-state index in [9.17, 15) is 0 Å². The van der Waals surface area contributed by atoms with Gasteiger partial charge in [-0.3, -0.25) is 9.97 Å². The maximum atomic E-state index is 4.37. The average Bonchev–Trinajstić information content (AvgIpc) is 2.64. The van der Waals surface area contributed by atoms with Gasteiger partial charge in [-0.15, -0.1) is 5.10 Å². The van der Waals surface area contributed by atoms with Crippen LogP contribution in [0.2, 0.25) is 0 Å². The number of nitrogens with zero attached hydrogens (tertiary/aromatic N) is 5. The topological polar surface area (TPSA) is 68.5 Å². The number of aryl methyl sites for hydroxylation is 2. The van der Waals surface area contributed by atoms with Crippen molar-refractivity contribution in [2.45, 2.75) is 13.0 Å². The van der Waals surface area contributed by atoms with E-state index in [4.69, 9.17) is 0 Å². The molecule has 90 valence electrons. The van der Waals surface area contributed by atoms with Crippen molar-refractivity contribution in [1.82, 2.24) is 30.3 Å². The molecule has 0 amide bonds. The molecule has 2 heterocycles. The second-order valence-electron chi connectivity index (χ2n) is 3.69. The first-order valence-corrected chi connectivity index (χ1v) is 5.93. The van der Waals surface area contributed by atoms with Crippen molar-refractivity contribution in [1.29, 1.82) is 0 Å². The summed E-state index contributed by atoms with van der Waals surface area (Å²) >= 11 is 3.39. The summed E-state index contributed by atoms with van der Waals surface area (Å²) in [4.78, 5) is 8.62. The van der Waals surface area contributed by atoms with E-state index in [1.54, 1.807) is 17.1 Å². The lowest BCUT2D eigenvalue weighted by Crippen LogP contribution is -2.22. The molecule has 1 atom stereocenters. The van der Waals surface area contributed by atoms with Crippen LogP contribution in [0.3, 0.4) is 0 Å². The van der Waals surface area contributed by atoms with Gasteiger partial charge in [0.2, 0.25) is 0 Å². The summed E-state index contributed by atoms with van der Waals surface area (Å²) in [6.45, 7) is 1.91. The summed E-state index contributed by atoms with van der Waals surface area (Å²) in [7, 11) is 3.71. The van der Waals surface area contributed by atoms with E-state index in [0.29, 0.717) is 4.60 Å². The standard InChI is InChI=1S/C10H13BrN6/c1-6-4-14-7(5-13-6)8(12-2)9-10(11)15-16-17(9)3/h4-5,8,12H,1-3H3. The molecule has 2 rings (SSSR count). The molecular formula is C10H13BrN6. The minimum Gasteiger partial charge on any atom is -0.307 e. The van der Waals surface area contributed by atoms with Crippen molar-refractivity contribution in [2.75, 3.05) is 7.05 Å². The van der Waals surface area contributed by atoms with Crippen molar-refractivity contribution in [2.24, 2.45) is 7.05 Å². The Morgan fingerprint density at radius 1 is 1.35 bits per heavy atom. The molecule has 1 N–H and O–H groups in total. The van der Waals surface area contributed by atoms with Crippen molar-refractivity contribution in [3.63, 3.8) is 0 Å². The Morgan fingerprint density at radius 2 is 2.12 bits per heavy atom. The summed E-state index contributed by atoms with van der Waals surface area (Å²) in [5.41, 5.74) is 2.65. The summed E-state index contributed by atoms with van der Waals surface area (Å²) in [6, 6.07) is -0.0857. The first-order valence-electron chi connectivity index (χ1n) is 5.14. The quantitative estimate of drug-likeness (QED) is 0.915. The van der Waals surface area contributed by atoms with Gasteiger partial charge in [0.15, 0.2) is 4.60 Å². The summed E-state index contributed by atoms with van der Waals surface area (Å²) in [5, 5.41) is 11.1. The molecule has 2 aromatic heterocycles. The second-order valence-corrected chi connectivity index (χ2v) is 4.44. The zero-order valence-corrected chi connectivity index (χ0v) is 11.4. The van der Waals surface area contributed by atoms with Gasteiger partial charge in [0.25, 0.3) is 0 Å². The molecule has 6 nitrogen and oxygen atoms in total. The lowest BCUT2D eigenvalue weighted by Gasteiger charge is -2.15. The highest BCUT2D eigenvalue weighted by atomic mass is 79.9. The van der Waals surface area contributed by atoms with E-state index < -0.39 is 0 Å². The van der Waals surface area contributed by atoms with Crippen LogP contribution < -0.4 is 5.32 Å². The Bertz CT molecular complexity index is 487. The predicted molar refractivity (Wildman–Crippen MR) is 66.4 cm³/mol. The third-order valence-electron chi connectivity index (χ3n) is 2.49. The first kappa shape index (κ1) is 12.1. The maximum Gasteiger partial charge on any atom is 0.153 e. The smallest absolute Gasteiger partial charge is 0.153 e. The van der Waals surface area contributed by atoms with E-state index >= 15 is 0 Å². The summed E-state index contributed by atoms with van der Waals surface area (Å²) in [6.07, 6.45) is 3.51. The van der Waals surface area contributed by atoms with Gasteiger partial charge in [-0.05, 0) is 29.9 Å². The summed E-state index contributed by atoms with van der Waals surface area (Å²) in [5.74, 6) is 0. The van der Waals surface area contributed by atoms with Gasteiger partial charge in [-0.2, -0.15) is 0 Å². The number of rotatable bonds is 3. The molecule has 0 radical (unpaired) electrons. The Balaban J connectivity index is 2.43. The zero-order valence-electron chi connectivity index (χ0n) is 9.85. The van der Waals surface area contributed by atoms with E-state index in [1.807, 2.05) is 21.0 Å². The normalized spacial score (nSPS) is 12.7. The number of nitrogens with one attached hydrogen (secondary N) is 1. The third-order valence-corrected chi connectivity index (χ3v) is 3.05. The monoisotopic (exact) mass is 296 g/mol. The van der Waals surface area contributed by atoms with Gasteiger partial charge in [0, 0.05) is 13.2 Å². The molecule has 0 saturated carbocycles. The highest BCUT2D eigenvalue weighted by molar-refractivity contribution is 9.10. The zero-order chi connectivity index (χ0) is 12.4. The molecule has 0 saturated heterocycles. The molecule has 0 aliphatic rings. The van der Waals surface area contributed by atoms with E-state index in [2.05, 4.69) is 41.5 Å². The highest BCUT2D eigenvalue weighted by Gasteiger charge is 2.21. The van der Waals surface area contributed by atoms with Gasteiger partial charge in [-0.25, -0.2) is 4.68 Å². The predicted octanol–water partition coefficient (Wildman–Crippen LogP) is 0.985. The lowest BCUT2D eigenvalue weighted by molar-refractivity contribution is 0.584. The van der Waals surface area contributed by atoms with Gasteiger partial charge in [0.1, 0.15) is 0 Å². The lowest BCUT2D eigenvalue weighted by atomic mass is 10.1. The summed E-state index contributed by atoms with van der Waals surface area (Å²) < 4.78 is 2.42. The van der Waals surface area contributed by atoms with Gasteiger partial charge in [0.05, 0.1) is 29.3 Å². The second kappa shape index (κ2) is 4.89. The van der Waals surface area contributed by atoms with E-state index in [1.165, 1.54) is 0 Å². The molecule has 0 aliphatic carbocycles. The number of hydrogen-bond acceptors (Lipinski definition) is 5. The molecule has 17 heavy (non-hydrogen) atoms. The molecule has 0 aromatic carbocycles. The molecule has 0 spiro atoms. The maximum absolute atomic E-state index is 4.37. The first-order chi connectivity index (χ1) is 8.13. The van der Waals surface area contributed by atoms with Crippen LogP contribution in [-0.2, 0) is 7.05 Å². The molecule has 0 aliphatic heterocycles. The number of hydrogen-bond donors (Lipinski definition) is 1. The third kappa shape index (κ3) is 2.34. The molecular weight excluding hydrogens is 284 g/mol. The van der Waals surface area contributed by atoms with Crippen LogP contribution in [0, 0.1) is 6.92 Å². The van der Waals surface area contributed by atoms with Crippen molar-refractivity contribution < 1.29 is 0 Å². The molecule has 0 bridgehead atoms. The number of aromatic nitrogens is 5. The van der Waals surface area contributed by atoms with Crippen LogP contribution >= 0.6 is 15.9 Å². The minimum absolute atomic E-state index is 0.0857. The van der Waals surface area contributed by atoms with Crippen LogP contribution in [0.25, 0.3) is 0 Å². The minimum atomic E-state index is -0.0857. The van der Waals surface area contributed by atoms with Gasteiger partial charge in [-0.1, -0.05) is 5.21 Å². The van der Waals surface area contributed by atoms with Crippen molar-refractivity contribution in [3.05, 3.63) is 34.1 Å². The molecule has 2 aromatic rings.